The monoisotopic (exact) mass is 340 g/mol. The largest absolute Gasteiger partial charge is 0.481 e. The molecule has 1 aliphatic heterocycles. The van der Waals surface area contributed by atoms with Crippen molar-refractivity contribution in [3.63, 3.8) is 0 Å². The van der Waals surface area contributed by atoms with Crippen molar-refractivity contribution in [3.05, 3.63) is 18.3 Å². The smallest absolute Gasteiger partial charge is 0.244 e. The molecule has 0 aromatic carbocycles. The van der Waals surface area contributed by atoms with Crippen LogP contribution in [0.25, 0.3) is 0 Å². The highest BCUT2D eigenvalue weighted by Crippen LogP contribution is 2.37. The number of aromatic nitrogens is 1. The van der Waals surface area contributed by atoms with E-state index in [1.54, 1.807) is 10.4 Å². The van der Waals surface area contributed by atoms with Crippen LogP contribution in [0.5, 0.6) is 5.88 Å². The third kappa shape index (κ3) is 3.22. The van der Waals surface area contributed by atoms with E-state index in [2.05, 4.69) is 4.98 Å². The molecule has 128 valence electrons. The average molecular weight is 340 g/mol. The van der Waals surface area contributed by atoms with Crippen LogP contribution < -0.4 is 4.74 Å². The summed E-state index contributed by atoms with van der Waals surface area (Å²) in [5.74, 6) is 0.442. The van der Waals surface area contributed by atoms with Crippen molar-refractivity contribution in [2.75, 3.05) is 13.7 Å². The summed E-state index contributed by atoms with van der Waals surface area (Å²) in [7, 11) is -2.08. The lowest BCUT2D eigenvalue weighted by Gasteiger charge is -2.36. The Morgan fingerprint density at radius 1 is 1.22 bits per heavy atom. The Balaban J connectivity index is 1.85. The van der Waals surface area contributed by atoms with Crippen LogP contribution in [0.2, 0.25) is 0 Å². The quantitative estimate of drug-likeness (QED) is 0.904. The molecule has 23 heavy (non-hydrogen) atoms. The Morgan fingerprint density at radius 2 is 2.00 bits per heavy atom. The van der Waals surface area contributed by atoms with Crippen molar-refractivity contribution >= 4 is 10.0 Å². The lowest BCUT2D eigenvalue weighted by atomic mass is 9.81. The lowest BCUT2D eigenvalue weighted by Crippen LogP contribution is -2.45. The number of hydrogen-bond donors (Lipinski definition) is 1. The zero-order valence-electron chi connectivity index (χ0n) is 13.4. The first kappa shape index (κ1) is 16.7. The fourth-order valence-electron chi connectivity index (χ4n) is 3.86. The first-order valence-electron chi connectivity index (χ1n) is 8.24. The molecule has 3 rings (SSSR count). The van der Waals surface area contributed by atoms with Gasteiger partial charge in [-0.05, 0) is 31.7 Å². The van der Waals surface area contributed by atoms with Gasteiger partial charge >= 0.3 is 0 Å². The van der Waals surface area contributed by atoms with Crippen molar-refractivity contribution < 1.29 is 18.3 Å². The molecular weight excluding hydrogens is 316 g/mol. The first-order chi connectivity index (χ1) is 11.0. The minimum atomic E-state index is -3.58. The van der Waals surface area contributed by atoms with E-state index < -0.39 is 16.1 Å². The third-order valence-electron chi connectivity index (χ3n) is 5.05. The molecular formula is C16H24N2O4S. The summed E-state index contributed by atoms with van der Waals surface area (Å²) in [6.45, 7) is 0.516. The Labute approximate surface area is 137 Å². The zero-order chi connectivity index (χ0) is 16.4. The molecule has 0 unspecified atom stereocenters. The van der Waals surface area contributed by atoms with Crippen LogP contribution in [0, 0.1) is 5.92 Å². The normalized spacial score (nSPS) is 29.6. The Bertz CT molecular complexity index is 632. The van der Waals surface area contributed by atoms with E-state index in [0.29, 0.717) is 12.4 Å². The van der Waals surface area contributed by atoms with E-state index in [1.807, 2.05) is 0 Å². The Morgan fingerprint density at radius 3 is 2.65 bits per heavy atom. The van der Waals surface area contributed by atoms with Gasteiger partial charge in [0.2, 0.25) is 15.9 Å². The topological polar surface area (TPSA) is 79.7 Å². The molecule has 1 aromatic rings. The van der Waals surface area contributed by atoms with Crippen LogP contribution in [0.4, 0.5) is 0 Å². The maximum absolute atomic E-state index is 13.0. The highest BCUT2D eigenvalue weighted by atomic mass is 32.2. The molecule has 1 aromatic heterocycles. The van der Waals surface area contributed by atoms with E-state index in [1.165, 1.54) is 19.4 Å². The summed E-state index contributed by atoms with van der Waals surface area (Å²) >= 11 is 0. The average Bonchev–Trinajstić information content (AvgIpc) is 3.05. The highest BCUT2D eigenvalue weighted by Gasteiger charge is 2.42. The predicted octanol–water partition coefficient (Wildman–Crippen LogP) is 1.79. The van der Waals surface area contributed by atoms with Crippen molar-refractivity contribution in [3.8, 4) is 5.88 Å². The molecule has 0 amide bonds. The van der Waals surface area contributed by atoms with Crippen LogP contribution in [0.3, 0.4) is 0 Å². The van der Waals surface area contributed by atoms with E-state index in [0.717, 1.165) is 38.5 Å². The summed E-state index contributed by atoms with van der Waals surface area (Å²) in [4.78, 5) is 4.20. The van der Waals surface area contributed by atoms with Gasteiger partial charge in [-0.2, -0.15) is 4.31 Å². The lowest BCUT2D eigenvalue weighted by molar-refractivity contribution is 0.0386. The van der Waals surface area contributed by atoms with Gasteiger partial charge in [0.05, 0.1) is 19.4 Å². The van der Waals surface area contributed by atoms with E-state index in [4.69, 9.17) is 4.74 Å². The summed E-state index contributed by atoms with van der Waals surface area (Å²) in [5.41, 5.74) is 0. The second-order valence-corrected chi connectivity index (χ2v) is 8.27. The van der Waals surface area contributed by atoms with Gasteiger partial charge in [0.15, 0.2) is 0 Å². The van der Waals surface area contributed by atoms with Gasteiger partial charge in [-0.25, -0.2) is 13.4 Å². The van der Waals surface area contributed by atoms with Crippen molar-refractivity contribution in [2.45, 2.75) is 55.6 Å². The number of sulfonamides is 1. The molecule has 1 N–H and O–H groups in total. The molecule has 1 saturated heterocycles. The number of hydrogen-bond acceptors (Lipinski definition) is 5. The van der Waals surface area contributed by atoms with Gasteiger partial charge in [0, 0.05) is 24.6 Å². The van der Waals surface area contributed by atoms with Crippen molar-refractivity contribution in [1.29, 1.82) is 0 Å². The van der Waals surface area contributed by atoms with E-state index in [-0.39, 0.29) is 16.9 Å². The van der Waals surface area contributed by atoms with Crippen LogP contribution in [0.15, 0.2) is 23.2 Å². The third-order valence-corrected chi connectivity index (χ3v) is 6.96. The summed E-state index contributed by atoms with van der Waals surface area (Å²) < 4.78 is 32.5. The molecule has 0 spiro atoms. The second-order valence-electron chi connectivity index (χ2n) is 6.38. The van der Waals surface area contributed by atoms with Crippen molar-refractivity contribution in [2.24, 2.45) is 5.92 Å². The molecule has 1 aliphatic carbocycles. The maximum atomic E-state index is 13.0. The van der Waals surface area contributed by atoms with Gasteiger partial charge in [-0.1, -0.05) is 12.8 Å². The molecule has 1 saturated carbocycles. The SMILES string of the molecule is COc1ccc(S(=O)(=O)N2CCC[C@@H]2[C@H]2CCCC[C@H]2O)cn1. The Hall–Kier alpha value is -1.18. The van der Waals surface area contributed by atoms with Crippen LogP contribution >= 0.6 is 0 Å². The van der Waals surface area contributed by atoms with Gasteiger partial charge in [0.1, 0.15) is 4.90 Å². The fourth-order valence-corrected chi connectivity index (χ4v) is 5.54. The second kappa shape index (κ2) is 6.75. The van der Waals surface area contributed by atoms with Crippen LogP contribution in [0.1, 0.15) is 38.5 Å². The summed E-state index contributed by atoms with van der Waals surface area (Å²) in [5, 5.41) is 10.3. The van der Waals surface area contributed by atoms with Gasteiger partial charge in [-0.15, -0.1) is 0 Å². The molecule has 2 aliphatic rings. The van der Waals surface area contributed by atoms with Crippen molar-refractivity contribution in [1.82, 2.24) is 9.29 Å². The highest BCUT2D eigenvalue weighted by molar-refractivity contribution is 7.89. The molecule has 0 bridgehead atoms. The number of aliphatic hydroxyl groups is 1. The standard InChI is InChI=1S/C16H24N2O4S/c1-22-16-9-8-12(11-17-16)23(20,21)18-10-4-6-14(18)13-5-2-3-7-15(13)19/h8-9,11,13-15,19H,2-7,10H2,1H3/t13-,14-,15-/m1/s1. The summed E-state index contributed by atoms with van der Waals surface area (Å²) in [6.07, 6.45) is 6.40. The number of pyridine rings is 1. The number of aliphatic hydroxyl groups excluding tert-OH is 1. The van der Waals surface area contributed by atoms with Gasteiger partial charge < -0.3 is 9.84 Å². The van der Waals surface area contributed by atoms with E-state index >= 15 is 0 Å². The Kier molecular flexibility index (Phi) is 4.89. The first-order valence-corrected chi connectivity index (χ1v) is 9.68. The number of rotatable bonds is 4. The number of nitrogens with zero attached hydrogens (tertiary/aromatic N) is 2. The van der Waals surface area contributed by atoms with E-state index in [9.17, 15) is 13.5 Å². The molecule has 3 atom stereocenters. The molecule has 0 radical (unpaired) electrons. The maximum Gasteiger partial charge on any atom is 0.244 e. The molecule has 2 fully saturated rings. The van der Waals surface area contributed by atoms with Crippen LogP contribution in [-0.2, 0) is 10.0 Å². The summed E-state index contributed by atoms with van der Waals surface area (Å²) in [6, 6.07) is 3.00. The molecule has 7 heteroatoms. The number of ether oxygens (including phenoxy) is 1. The zero-order valence-corrected chi connectivity index (χ0v) is 14.2. The fraction of sp³-hybridized carbons (Fsp3) is 0.688. The minimum Gasteiger partial charge on any atom is -0.481 e. The number of methoxy groups -OCH3 is 1. The van der Waals surface area contributed by atoms with Gasteiger partial charge in [0.25, 0.3) is 0 Å². The predicted molar refractivity (Wildman–Crippen MR) is 85.7 cm³/mol. The van der Waals surface area contributed by atoms with Crippen LogP contribution in [-0.4, -0.2) is 48.6 Å². The molecule has 6 nitrogen and oxygen atoms in total. The van der Waals surface area contributed by atoms with Gasteiger partial charge in [-0.3, -0.25) is 0 Å². The molecule has 2 heterocycles. The minimum absolute atomic E-state index is 0.0484.